The fourth-order valence-corrected chi connectivity index (χ4v) is 0.228. The van der Waals surface area contributed by atoms with Crippen molar-refractivity contribution in [2.45, 2.75) is 26.4 Å². The predicted octanol–water partition coefficient (Wildman–Crippen LogP) is 0.783. The third kappa shape index (κ3) is 7.88. The van der Waals surface area contributed by atoms with Crippen LogP contribution in [0.1, 0.15) is 20.8 Å². The zero-order valence-corrected chi connectivity index (χ0v) is 6.86. The van der Waals surface area contributed by atoms with Gasteiger partial charge in [-0.05, 0) is 20.8 Å². The Morgan fingerprint density at radius 3 is 1.78 bits per heavy atom. The number of hydrogen-bond acceptors (Lipinski definition) is 3. The average Bonchev–Trinajstić information content (AvgIpc) is 1.59. The minimum Gasteiger partial charge on any atom is -0.281 e. The van der Waals surface area contributed by atoms with E-state index in [0.717, 1.165) is 0 Å². The smallest absolute Gasteiger partial charge is 0.0829 e. The lowest BCUT2D eigenvalue weighted by molar-refractivity contribution is -0.140. The summed E-state index contributed by atoms with van der Waals surface area (Å²) in [5.74, 6) is 0. The van der Waals surface area contributed by atoms with Gasteiger partial charge in [0.25, 0.3) is 0 Å². The number of hydrogen-bond donors (Lipinski definition) is 1. The Kier molecular flexibility index (Phi) is 3.11. The van der Waals surface area contributed by atoms with E-state index in [1.807, 2.05) is 34.9 Å². The van der Waals surface area contributed by atoms with E-state index >= 15 is 0 Å². The summed E-state index contributed by atoms with van der Waals surface area (Å²) in [4.78, 5) is 5.17. The van der Waals surface area contributed by atoms with Crippen molar-refractivity contribution in [2.24, 2.45) is 0 Å². The van der Waals surface area contributed by atoms with Gasteiger partial charge in [-0.15, -0.1) is 5.59 Å². The SMILES string of the molecule is CN(C)NOC(C)(C)C. The third-order valence-corrected chi connectivity index (χ3v) is 0.534. The Hall–Kier alpha value is -0.120. The van der Waals surface area contributed by atoms with E-state index in [2.05, 4.69) is 5.59 Å². The van der Waals surface area contributed by atoms with Gasteiger partial charge in [0.05, 0.1) is 5.60 Å². The zero-order chi connectivity index (χ0) is 7.49. The standard InChI is InChI=1S/C6H16N2O/c1-6(2,3)9-7-8(4)5/h7H,1-5H3. The first kappa shape index (κ1) is 8.88. The maximum Gasteiger partial charge on any atom is 0.0829 e. The molecular formula is C6H16N2O. The van der Waals surface area contributed by atoms with Gasteiger partial charge in [0.1, 0.15) is 0 Å². The molecule has 0 radical (unpaired) electrons. The van der Waals surface area contributed by atoms with Crippen molar-refractivity contribution in [3.63, 3.8) is 0 Å². The van der Waals surface area contributed by atoms with Crippen molar-refractivity contribution in [3.05, 3.63) is 0 Å². The van der Waals surface area contributed by atoms with E-state index < -0.39 is 0 Å². The topological polar surface area (TPSA) is 24.5 Å². The highest BCUT2D eigenvalue weighted by molar-refractivity contribution is 4.55. The Morgan fingerprint density at radius 2 is 1.67 bits per heavy atom. The Bertz CT molecular complexity index is 75.6. The summed E-state index contributed by atoms with van der Waals surface area (Å²) in [6, 6.07) is 0. The van der Waals surface area contributed by atoms with Gasteiger partial charge in [0, 0.05) is 14.1 Å². The summed E-state index contributed by atoms with van der Waals surface area (Å²) in [6.07, 6.45) is 0. The number of rotatable bonds is 2. The van der Waals surface area contributed by atoms with Gasteiger partial charge in [-0.2, -0.15) is 0 Å². The maximum atomic E-state index is 5.17. The monoisotopic (exact) mass is 132 g/mol. The summed E-state index contributed by atoms with van der Waals surface area (Å²) in [5.41, 5.74) is 2.60. The number of nitrogens with one attached hydrogen (secondary N) is 1. The average molecular weight is 132 g/mol. The van der Waals surface area contributed by atoms with Crippen LogP contribution >= 0.6 is 0 Å². The lowest BCUT2D eigenvalue weighted by atomic mass is 10.2. The van der Waals surface area contributed by atoms with Crippen LogP contribution in [0.15, 0.2) is 0 Å². The number of nitrogens with zero attached hydrogens (tertiary/aromatic N) is 1. The van der Waals surface area contributed by atoms with E-state index in [-0.39, 0.29) is 5.60 Å². The molecule has 0 aliphatic rings. The summed E-state index contributed by atoms with van der Waals surface area (Å²) >= 11 is 0. The Balaban J connectivity index is 3.28. The van der Waals surface area contributed by atoms with E-state index in [1.165, 1.54) is 0 Å². The highest BCUT2D eigenvalue weighted by atomic mass is 16.7. The van der Waals surface area contributed by atoms with Crippen LogP contribution in [0.3, 0.4) is 0 Å². The van der Waals surface area contributed by atoms with Crippen molar-refractivity contribution in [3.8, 4) is 0 Å². The van der Waals surface area contributed by atoms with Crippen LogP contribution in [0.25, 0.3) is 0 Å². The predicted molar refractivity (Wildman–Crippen MR) is 37.7 cm³/mol. The van der Waals surface area contributed by atoms with Gasteiger partial charge >= 0.3 is 0 Å². The molecule has 0 saturated carbocycles. The molecule has 0 rings (SSSR count). The molecule has 0 saturated heterocycles. The molecule has 0 atom stereocenters. The van der Waals surface area contributed by atoms with E-state index in [9.17, 15) is 0 Å². The van der Waals surface area contributed by atoms with Crippen molar-refractivity contribution >= 4 is 0 Å². The quantitative estimate of drug-likeness (QED) is 0.562. The summed E-state index contributed by atoms with van der Waals surface area (Å²) in [5, 5.41) is 1.76. The van der Waals surface area contributed by atoms with Gasteiger partial charge in [-0.25, -0.2) is 5.01 Å². The molecule has 3 heteroatoms. The van der Waals surface area contributed by atoms with E-state index in [4.69, 9.17) is 4.84 Å². The van der Waals surface area contributed by atoms with Crippen LogP contribution in [0.4, 0.5) is 0 Å². The fourth-order valence-electron chi connectivity index (χ4n) is 0.228. The highest BCUT2D eigenvalue weighted by Gasteiger charge is 2.09. The minimum atomic E-state index is -0.121. The van der Waals surface area contributed by atoms with E-state index in [1.54, 1.807) is 5.01 Å². The second-order valence-corrected chi connectivity index (χ2v) is 3.20. The zero-order valence-electron chi connectivity index (χ0n) is 6.86. The molecule has 1 N–H and O–H groups in total. The first-order valence-electron chi connectivity index (χ1n) is 3.03. The van der Waals surface area contributed by atoms with Crippen molar-refractivity contribution in [2.75, 3.05) is 14.1 Å². The van der Waals surface area contributed by atoms with Gasteiger partial charge in [-0.3, -0.25) is 4.84 Å². The van der Waals surface area contributed by atoms with E-state index in [0.29, 0.717) is 0 Å². The van der Waals surface area contributed by atoms with Crippen molar-refractivity contribution < 1.29 is 4.84 Å². The molecule has 0 aliphatic heterocycles. The summed E-state index contributed by atoms with van der Waals surface area (Å²) in [7, 11) is 3.76. The largest absolute Gasteiger partial charge is 0.281 e. The fraction of sp³-hybridized carbons (Fsp3) is 1.00. The lowest BCUT2D eigenvalue weighted by Crippen LogP contribution is -2.37. The molecule has 9 heavy (non-hydrogen) atoms. The minimum absolute atomic E-state index is 0.121. The molecule has 0 unspecified atom stereocenters. The lowest BCUT2D eigenvalue weighted by Gasteiger charge is -2.22. The molecule has 0 fully saturated rings. The van der Waals surface area contributed by atoms with Crippen molar-refractivity contribution in [1.29, 1.82) is 0 Å². The molecule has 56 valence electrons. The van der Waals surface area contributed by atoms with Gasteiger partial charge in [0.2, 0.25) is 0 Å². The van der Waals surface area contributed by atoms with Crippen LogP contribution in [-0.2, 0) is 4.84 Å². The highest BCUT2D eigenvalue weighted by Crippen LogP contribution is 2.02. The molecular weight excluding hydrogens is 116 g/mol. The molecule has 0 heterocycles. The van der Waals surface area contributed by atoms with Crippen LogP contribution in [-0.4, -0.2) is 24.7 Å². The molecule has 0 bridgehead atoms. The second kappa shape index (κ2) is 3.15. The van der Waals surface area contributed by atoms with Crippen LogP contribution in [0, 0.1) is 0 Å². The molecule has 0 spiro atoms. The molecule has 0 aromatic carbocycles. The Labute approximate surface area is 56.9 Å². The summed E-state index contributed by atoms with van der Waals surface area (Å²) < 4.78 is 0. The third-order valence-electron chi connectivity index (χ3n) is 0.534. The van der Waals surface area contributed by atoms with Crippen molar-refractivity contribution in [1.82, 2.24) is 10.6 Å². The molecule has 3 nitrogen and oxygen atoms in total. The first-order valence-corrected chi connectivity index (χ1v) is 3.03. The van der Waals surface area contributed by atoms with Crippen LogP contribution in [0.2, 0.25) is 0 Å². The maximum absolute atomic E-state index is 5.17. The van der Waals surface area contributed by atoms with Gasteiger partial charge in [-0.1, -0.05) is 0 Å². The van der Waals surface area contributed by atoms with Crippen LogP contribution < -0.4 is 5.59 Å². The molecule has 0 aromatic heterocycles. The number of hydrazine groups is 1. The van der Waals surface area contributed by atoms with Gasteiger partial charge < -0.3 is 0 Å². The van der Waals surface area contributed by atoms with Gasteiger partial charge in [0.15, 0.2) is 0 Å². The molecule has 0 aromatic rings. The Morgan fingerprint density at radius 1 is 1.22 bits per heavy atom. The van der Waals surface area contributed by atoms with Crippen LogP contribution in [0.5, 0.6) is 0 Å². The molecule has 0 aliphatic carbocycles. The molecule has 0 amide bonds. The second-order valence-electron chi connectivity index (χ2n) is 3.20. The first-order chi connectivity index (χ1) is 3.92. The summed E-state index contributed by atoms with van der Waals surface area (Å²) in [6.45, 7) is 5.97. The normalized spacial score (nSPS) is 12.7.